The molecule has 0 saturated carbocycles. The smallest absolute Gasteiger partial charge is 0.164 e. The monoisotopic (exact) mass is 289 g/mol. The first-order valence-corrected chi connectivity index (χ1v) is 6.19. The molecule has 1 saturated heterocycles. The van der Waals surface area contributed by atoms with Crippen molar-refractivity contribution in [3.8, 4) is 0 Å². The Labute approximate surface area is 115 Å². The zero-order chi connectivity index (χ0) is 14.2. The van der Waals surface area contributed by atoms with Crippen molar-refractivity contribution in [2.24, 2.45) is 10.7 Å². The minimum Gasteiger partial charge on any atom is -0.393 e. The van der Waals surface area contributed by atoms with Crippen molar-refractivity contribution in [3.05, 3.63) is 24.7 Å². The largest absolute Gasteiger partial charge is 0.393 e. The van der Waals surface area contributed by atoms with Gasteiger partial charge in [-0.2, -0.15) is 0 Å². The molecule has 2 aliphatic rings. The van der Waals surface area contributed by atoms with Crippen molar-refractivity contribution in [2.75, 3.05) is 12.5 Å². The van der Waals surface area contributed by atoms with Crippen molar-refractivity contribution in [1.29, 1.82) is 0 Å². The molecule has 19 heavy (non-hydrogen) atoms. The molecule has 2 heterocycles. The summed E-state index contributed by atoms with van der Waals surface area (Å²) in [5.41, 5.74) is 4.11. The number of nitrogens with zero attached hydrogens (tertiary/aromatic N) is 2. The van der Waals surface area contributed by atoms with Gasteiger partial charge in [0.2, 0.25) is 0 Å². The van der Waals surface area contributed by atoms with Crippen LogP contribution in [0.3, 0.4) is 0 Å². The second kappa shape index (κ2) is 5.10. The third-order valence-corrected chi connectivity index (χ3v) is 3.69. The number of nitrogens with two attached hydrogens (primary N) is 1. The quantitative estimate of drug-likeness (QED) is 0.480. The highest BCUT2D eigenvalue weighted by Crippen LogP contribution is 2.35. The highest BCUT2D eigenvalue weighted by Gasteiger charge is 2.55. The van der Waals surface area contributed by atoms with Crippen molar-refractivity contribution in [3.63, 3.8) is 0 Å². The lowest BCUT2D eigenvalue weighted by molar-refractivity contribution is -0.122. The van der Waals surface area contributed by atoms with Crippen LogP contribution in [0.15, 0.2) is 29.7 Å². The Hall–Kier alpha value is -1.12. The zero-order valence-electron chi connectivity index (χ0n) is 10.1. The molecule has 0 radical (unpaired) electrons. The molecule has 0 aromatic heterocycles. The van der Waals surface area contributed by atoms with E-state index >= 15 is 0 Å². The average Bonchev–Trinajstić information content (AvgIpc) is 2.64. The molecule has 0 aromatic carbocycles. The van der Waals surface area contributed by atoms with E-state index in [1.165, 1.54) is 17.2 Å². The third kappa shape index (κ3) is 2.24. The molecule has 0 unspecified atom stereocenters. The van der Waals surface area contributed by atoms with Crippen LogP contribution in [0.25, 0.3) is 0 Å². The van der Waals surface area contributed by atoms with Gasteiger partial charge in [0.05, 0.1) is 12.5 Å². The van der Waals surface area contributed by atoms with Gasteiger partial charge in [0.1, 0.15) is 29.5 Å². The molecule has 4 atom stereocenters. The van der Waals surface area contributed by atoms with Crippen LogP contribution in [0, 0.1) is 0 Å². The minimum atomic E-state index is -1.41. The SMILES string of the molecule is C=C1N=C(N)C=CN1[C@@H]1O[C@@](CO)(CCl)[C@@H](O)[C@H]1O. The van der Waals surface area contributed by atoms with Crippen molar-refractivity contribution in [1.82, 2.24) is 4.90 Å². The van der Waals surface area contributed by atoms with E-state index in [9.17, 15) is 15.3 Å². The maximum absolute atomic E-state index is 10.1. The van der Waals surface area contributed by atoms with Crippen LogP contribution < -0.4 is 5.73 Å². The molecule has 106 valence electrons. The highest BCUT2D eigenvalue weighted by atomic mass is 35.5. The number of aliphatic hydroxyl groups is 3. The summed E-state index contributed by atoms with van der Waals surface area (Å²) >= 11 is 5.73. The minimum absolute atomic E-state index is 0.159. The first-order valence-electron chi connectivity index (χ1n) is 5.65. The number of aliphatic hydroxyl groups excluding tert-OH is 3. The first-order chi connectivity index (χ1) is 8.95. The predicted octanol–water partition coefficient (Wildman–Crippen LogP) is -1.31. The van der Waals surface area contributed by atoms with E-state index in [-0.39, 0.29) is 17.5 Å². The van der Waals surface area contributed by atoms with Gasteiger partial charge in [0.25, 0.3) is 0 Å². The molecule has 0 bridgehead atoms. The highest BCUT2D eigenvalue weighted by molar-refractivity contribution is 6.18. The van der Waals surface area contributed by atoms with Crippen molar-refractivity contribution >= 4 is 17.4 Å². The number of hydrogen-bond donors (Lipinski definition) is 4. The number of hydrogen-bond acceptors (Lipinski definition) is 7. The normalized spacial score (nSPS) is 38.7. The van der Waals surface area contributed by atoms with Crippen LogP contribution in [-0.4, -0.2) is 62.6 Å². The summed E-state index contributed by atoms with van der Waals surface area (Å²) in [4.78, 5) is 5.36. The molecule has 7 nitrogen and oxygen atoms in total. The van der Waals surface area contributed by atoms with Gasteiger partial charge in [-0.25, -0.2) is 4.99 Å². The topological polar surface area (TPSA) is 112 Å². The second-order valence-corrected chi connectivity index (χ2v) is 4.74. The predicted molar refractivity (Wildman–Crippen MR) is 69.2 cm³/mol. The molecule has 0 spiro atoms. The van der Waals surface area contributed by atoms with Gasteiger partial charge in [-0.1, -0.05) is 6.58 Å². The summed E-state index contributed by atoms with van der Waals surface area (Å²) in [5, 5.41) is 29.4. The molecular weight excluding hydrogens is 274 g/mol. The molecule has 0 aliphatic carbocycles. The van der Waals surface area contributed by atoms with Gasteiger partial charge >= 0.3 is 0 Å². The lowest BCUT2D eigenvalue weighted by atomic mass is 9.98. The summed E-state index contributed by atoms with van der Waals surface area (Å²) < 4.78 is 5.54. The zero-order valence-corrected chi connectivity index (χ0v) is 10.9. The fraction of sp³-hybridized carbons (Fsp3) is 0.545. The standard InChI is InChI=1S/C11H16ClN3O4/c1-6-14-7(13)2-3-15(6)10-8(17)9(18)11(4-12,5-16)19-10/h2-3,8-10,16-18H,1,4-5H2,(H2,13,14)/t8-,9+,10-,11-/m1/s1. The Morgan fingerprint density at radius 2 is 2.26 bits per heavy atom. The van der Waals surface area contributed by atoms with Gasteiger partial charge in [0.15, 0.2) is 6.23 Å². The van der Waals surface area contributed by atoms with Gasteiger partial charge < -0.3 is 30.7 Å². The van der Waals surface area contributed by atoms with Gasteiger partial charge in [-0.05, 0) is 6.08 Å². The molecular formula is C11H16ClN3O4. The number of alkyl halides is 1. The summed E-state index contributed by atoms with van der Waals surface area (Å²) in [7, 11) is 0. The number of aliphatic imine (C=N–C) groups is 1. The Bertz CT molecular complexity index is 436. The fourth-order valence-corrected chi connectivity index (χ4v) is 2.38. The van der Waals surface area contributed by atoms with E-state index < -0.39 is 30.6 Å². The maximum Gasteiger partial charge on any atom is 0.164 e. The molecule has 2 aliphatic heterocycles. The van der Waals surface area contributed by atoms with E-state index in [0.717, 1.165) is 0 Å². The van der Waals surface area contributed by atoms with Crippen LogP contribution in [0.5, 0.6) is 0 Å². The van der Waals surface area contributed by atoms with Crippen LogP contribution in [-0.2, 0) is 4.74 Å². The van der Waals surface area contributed by atoms with Crippen molar-refractivity contribution in [2.45, 2.75) is 24.0 Å². The fourth-order valence-electron chi connectivity index (χ4n) is 2.07. The lowest BCUT2D eigenvalue weighted by Gasteiger charge is -2.31. The Morgan fingerprint density at radius 3 is 2.74 bits per heavy atom. The maximum atomic E-state index is 10.1. The van der Waals surface area contributed by atoms with Gasteiger partial charge in [-0.15, -0.1) is 11.6 Å². The summed E-state index contributed by atoms with van der Waals surface area (Å²) in [5.74, 6) is 0.382. The Kier molecular flexibility index (Phi) is 3.84. The van der Waals surface area contributed by atoms with E-state index in [4.69, 9.17) is 22.1 Å². The number of amidine groups is 1. The number of ether oxygens (including phenoxy) is 1. The van der Waals surface area contributed by atoms with E-state index in [0.29, 0.717) is 0 Å². The Balaban J connectivity index is 2.24. The van der Waals surface area contributed by atoms with Crippen LogP contribution in [0.1, 0.15) is 0 Å². The number of halogens is 1. The summed E-state index contributed by atoms with van der Waals surface area (Å²) in [6, 6.07) is 0. The Morgan fingerprint density at radius 1 is 1.58 bits per heavy atom. The third-order valence-electron chi connectivity index (χ3n) is 3.24. The molecule has 5 N–H and O–H groups in total. The van der Waals surface area contributed by atoms with E-state index in [1.54, 1.807) is 0 Å². The number of rotatable bonds is 3. The van der Waals surface area contributed by atoms with Gasteiger partial charge in [-0.3, -0.25) is 0 Å². The molecule has 1 fully saturated rings. The molecule has 0 aromatic rings. The second-order valence-electron chi connectivity index (χ2n) is 4.48. The van der Waals surface area contributed by atoms with Crippen LogP contribution >= 0.6 is 11.6 Å². The van der Waals surface area contributed by atoms with Gasteiger partial charge in [0, 0.05) is 6.20 Å². The molecule has 0 amide bonds. The van der Waals surface area contributed by atoms with E-state index in [2.05, 4.69) is 11.6 Å². The summed E-state index contributed by atoms with van der Waals surface area (Å²) in [6.45, 7) is 3.18. The summed E-state index contributed by atoms with van der Waals surface area (Å²) in [6.07, 6.45) is -0.475. The first kappa shape index (κ1) is 14.3. The molecule has 8 heteroatoms. The van der Waals surface area contributed by atoms with Crippen LogP contribution in [0.4, 0.5) is 0 Å². The molecule has 2 rings (SSSR count). The van der Waals surface area contributed by atoms with Crippen molar-refractivity contribution < 1.29 is 20.1 Å². The average molecular weight is 290 g/mol. The lowest BCUT2D eigenvalue weighted by Crippen LogP contribution is -2.47. The van der Waals surface area contributed by atoms with E-state index in [1.807, 2.05) is 0 Å². The van der Waals surface area contributed by atoms with Crippen LogP contribution in [0.2, 0.25) is 0 Å².